The maximum Gasteiger partial charge on any atom is 0.307 e. The van der Waals surface area contributed by atoms with Gasteiger partial charge in [-0.2, -0.15) is 5.10 Å². The Balaban J connectivity index is 1.90. The summed E-state index contributed by atoms with van der Waals surface area (Å²) in [5, 5.41) is 15.2. The summed E-state index contributed by atoms with van der Waals surface area (Å²) in [6.07, 6.45) is 0.672. The zero-order chi connectivity index (χ0) is 12.0. The first-order valence-corrected chi connectivity index (χ1v) is 6.22. The van der Waals surface area contributed by atoms with Gasteiger partial charge in [0.2, 0.25) is 0 Å². The summed E-state index contributed by atoms with van der Waals surface area (Å²) in [7, 11) is 1.82. The molecule has 1 aliphatic carbocycles. The topological polar surface area (TPSA) is 68.0 Å². The second-order valence-electron chi connectivity index (χ2n) is 4.18. The van der Waals surface area contributed by atoms with E-state index in [0.29, 0.717) is 12.2 Å². The van der Waals surface area contributed by atoms with Crippen molar-refractivity contribution in [3.63, 3.8) is 0 Å². The molecule has 0 saturated heterocycles. The van der Waals surface area contributed by atoms with Crippen LogP contribution in [0.1, 0.15) is 18.2 Å². The Kier molecular flexibility index (Phi) is 2.25. The Morgan fingerprint density at radius 1 is 1.65 bits per heavy atom. The first kappa shape index (κ1) is 10.5. The SMILES string of the molecule is Cn1nc(-c2cccs2)nc1C1CC1C(=O)O. The van der Waals surface area contributed by atoms with Crippen LogP contribution in [0.25, 0.3) is 10.7 Å². The van der Waals surface area contributed by atoms with Crippen LogP contribution in [0, 0.1) is 5.92 Å². The number of carboxylic acid groups (broad SMARTS) is 1. The Morgan fingerprint density at radius 3 is 3.06 bits per heavy atom. The van der Waals surface area contributed by atoms with Crippen molar-refractivity contribution in [3.8, 4) is 10.7 Å². The average Bonchev–Trinajstić information content (AvgIpc) is 2.73. The molecule has 2 aromatic heterocycles. The maximum atomic E-state index is 10.8. The molecule has 2 unspecified atom stereocenters. The summed E-state index contributed by atoms with van der Waals surface area (Å²) in [5.74, 6) is 0.470. The molecule has 0 spiro atoms. The van der Waals surface area contributed by atoms with Crippen LogP contribution in [0.4, 0.5) is 0 Å². The molecule has 88 valence electrons. The molecular weight excluding hydrogens is 238 g/mol. The van der Waals surface area contributed by atoms with Gasteiger partial charge in [-0.05, 0) is 17.9 Å². The van der Waals surface area contributed by atoms with Gasteiger partial charge in [-0.1, -0.05) is 6.07 Å². The fourth-order valence-corrected chi connectivity index (χ4v) is 2.64. The number of thiophene rings is 1. The van der Waals surface area contributed by atoms with Crippen LogP contribution in [0.2, 0.25) is 0 Å². The lowest BCUT2D eigenvalue weighted by Gasteiger charge is -1.95. The second kappa shape index (κ2) is 3.66. The zero-order valence-corrected chi connectivity index (χ0v) is 10.0. The van der Waals surface area contributed by atoms with Crippen LogP contribution in [-0.4, -0.2) is 25.8 Å². The third-order valence-corrected chi connectivity index (χ3v) is 3.84. The molecular formula is C11H11N3O2S. The van der Waals surface area contributed by atoms with Crippen molar-refractivity contribution in [2.24, 2.45) is 13.0 Å². The number of hydrogen-bond donors (Lipinski definition) is 1. The highest BCUT2D eigenvalue weighted by Gasteiger charge is 2.47. The summed E-state index contributed by atoms with van der Waals surface area (Å²) in [4.78, 5) is 16.3. The fraction of sp³-hybridized carbons (Fsp3) is 0.364. The number of hydrogen-bond acceptors (Lipinski definition) is 4. The van der Waals surface area contributed by atoms with E-state index in [2.05, 4.69) is 10.1 Å². The lowest BCUT2D eigenvalue weighted by atomic mass is 10.3. The van der Waals surface area contributed by atoms with Gasteiger partial charge < -0.3 is 5.11 Å². The van der Waals surface area contributed by atoms with Gasteiger partial charge in [0.1, 0.15) is 5.82 Å². The molecule has 1 aliphatic rings. The predicted octanol–water partition coefficient (Wildman–Crippen LogP) is 1.73. The van der Waals surface area contributed by atoms with Gasteiger partial charge in [-0.25, -0.2) is 4.98 Å². The Bertz CT molecular complexity index is 561. The fourth-order valence-electron chi connectivity index (χ4n) is 1.98. The van der Waals surface area contributed by atoms with Crippen LogP contribution in [0.3, 0.4) is 0 Å². The number of carbonyl (C=O) groups is 1. The second-order valence-corrected chi connectivity index (χ2v) is 5.13. The molecule has 5 nitrogen and oxygen atoms in total. The van der Waals surface area contributed by atoms with Crippen molar-refractivity contribution in [1.82, 2.24) is 14.8 Å². The number of carboxylic acids is 1. The molecule has 1 fully saturated rings. The third-order valence-electron chi connectivity index (χ3n) is 2.98. The normalized spacial score (nSPS) is 22.6. The molecule has 3 rings (SSSR count). The molecule has 6 heteroatoms. The van der Waals surface area contributed by atoms with E-state index < -0.39 is 5.97 Å². The number of aliphatic carboxylic acids is 1. The molecule has 2 atom stereocenters. The van der Waals surface area contributed by atoms with E-state index in [1.807, 2.05) is 24.6 Å². The van der Waals surface area contributed by atoms with Crippen molar-refractivity contribution in [1.29, 1.82) is 0 Å². The van der Waals surface area contributed by atoms with E-state index in [1.54, 1.807) is 16.0 Å². The molecule has 1 saturated carbocycles. The van der Waals surface area contributed by atoms with Gasteiger partial charge in [-0.3, -0.25) is 9.48 Å². The van der Waals surface area contributed by atoms with Crippen LogP contribution in [-0.2, 0) is 11.8 Å². The van der Waals surface area contributed by atoms with Gasteiger partial charge in [0.15, 0.2) is 5.82 Å². The van der Waals surface area contributed by atoms with E-state index in [4.69, 9.17) is 5.11 Å². The molecule has 2 heterocycles. The van der Waals surface area contributed by atoms with Crippen molar-refractivity contribution in [3.05, 3.63) is 23.3 Å². The van der Waals surface area contributed by atoms with Crippen LogP contribution < -0.4 is 0 Å². The minimum atomic E-state index is -0.740. The number of rotatable bonds is 3. The molecule has 0 radical (unpaired) electrons. The summed E-state index contributed by atoms with van der Waals surface area (Å²) in [5.41, 5.74) is 0. The van der Waals surface area contributed by atoms with Crippen LogP contribution in [0.5, 0.6) is 0 Å². The van der Waals surface area contributed by atoms with E-state index in [-0.39, 0.29) is 11.8 Å². The average molecular weight is 249 g/mol. The molecule has 2 aromatic rings. The van der Waals surface area contributed by atoms with Crippen molar-refractivity contribution in [2.45, 2.75) is 12.3 Å². The van der Waals surface area contributed by atoms with Gasteiger partial charge in [-0.15, -0.1) is 11.3 Å². The lowest BCUT2D eigenvalue weighted by Crippen LogP contribution is -2.03. The highest BCUT2D eigenvalue weighted by Crippen LogP contribution is 2.47. The van der Waals surface area contributed by atoms with E-state index in [1.165, 1.54) is 0 Å². The number of aromatic nitrogens is 3. The highest BCUT2D eigenvalue weighted by molar-refractivity contribution is 7.13. The quantitative estimate of drug-likeness (QED) is 0.899. The van der Waals surface area contributed by atoms with Gasteiger partial charge in [0.05, 0.1) is 10.8 Å². The predicted molar refractivity (Wildman–Crippen MR) is 62.8 cm³/mol. The smallest absolute Gasteiger partial charge is 0.307 e. The molecule has 0 amide bonds. The molecule has 17 heavy (non-hydrogen) atoms. The molecule has 0 aromatic carbocycles. The van der Waals surface area contributed by atoms with Crippen LogP contribution >= 0.6 is 11.3 Å². The minimum absolute atomic E-state index is 0.0266. The molecule has 0 aliphatic heterocycles. The third kappa shape index (κ3) is 1.74. The Hall–Kier alpha value is -1.69. The largest absolute Gasteiger partial charge is 0.481 e. The first-order chi connectivity index (χ1) is 8.16. The zero-order valence-electron chi connectivity index (χ0n) is 9.20. The maximum absolute atomic E-state index is 10.8. The Morgan fingerprint density at radius 2 is 2.47 bits per heavy atom. The monoisotopic (exact) mass is 249 g/mol. The first-order valence-electron chi connectivity index (χ1n) is 5.34. The summed E-state index contributed by atoms with van der Waals surface area (Å²) >= 11 is 1.58. The van der Waals surface area contributed by atoms with E-state index >= 15 is 0 Å². The molecule has 0 bridgehead atoms. The van der Waals surface area contributed by atoms with E-state index in [0.717, 1.165) is 10.7 Å². The number of aryl methyl sites for hydroxylation is 1. The number of nitrogens with zero attached hydrogens (tertiary/aromatic N) is 3. The standard InChI is InChI=1S/C11H11N3O2S/c1-14-10(6-5-7(6)11(15)16)12-9(13-14)8-3-2-4-17-8/h2-4,6-7H,5H2,1H3,(H,15,16). The van der Waals surface area contributed by atoms with Crippen LogP contribution in [0.15, 0.2) is 17.5 Å². The summed E-state index contributed by atoms with van der Waals surface area (Å²) in [6.45, 7) is 0. The summed E-state index contributed by atoms with van der Waals surface area (Å²) < 4.78 is 1.70. The van der Waals surface area contributed by atoms with Crippen molar-refractivity contribution < 1.29 is 9.90 Å². The van der Waals surface area contributed by atoms with Crippen molar-refractivity contribution in [2.75, 3.05) is 0 Å². The van der Waals surface area contributed by atoms with E-state index in [9.17, 15) is 4.79 Å². The lowest BCUT2D eigenvalue weighted by molar-refractivity contribution is -0.138. The Labute approximate surface area is 102 Å². The summed E-state index contributed by atoms with van der Waals surface area (Å²) in [6, 6.07) is 3.92. The minimum Gasteiger partial charge on any atom is -0.481 e. The van der Waals surface area contributed by atoms with Gasteiger partial charge in [0.25, 0.3) is 0 Å². The van der Waals surface area contributed by atoms with Crippen molar-refractivity contribution >= 4 is 17.3 Å². The van der Waals surface area contributed by atoms with Gasteiger partial charge in [0, 0.05) is 13.0 Å². The van der Waals surface area contributed by atoms with Gasteiger partial charge >= 0.3 is 5.97 Å². The highest BCUT2D eigenvalue weighted by atomic mass is 32.1. The molecule has 1 N–H and O–H groups in total.